The predicted octanol–water partition coefficient (Wildman–Crippen LogP) is 3.94. The molecule has 0 atom stereocenters. The van der Waals surface area contributed by atoms with Crippen molar-refractivity contribution in [2.45, 2.75) is 6.92 Å². The van der Waals surface area contributed by atoms with Crippen LogP contribution in [0.2, 0.25) is 0 Å². The minimum atomic E-state index is -0.692. The molecule has 90 valence electrons. The Hall–Kier alpha value is -2.41. The van der Waals surface area contributed by atoms with Crippen molar-refractivity contribution in [1.82, 2.24) is 0 Å². The standard InChI is InChI=1S/C14H9F2NO/c1-9-5-6-12(16)14(7-9)18-13-4-2-3-11(15)10(13)8-17/h2-7H,1H3. The van der Waals surface area contributed by atoms with Gasteiger partial charge in [-0.05, 0) is 36.8 Å². The van der Waals surface area contributed by atoms with E-state index in [0.717, 1.165) is 11.6 Å². The minimum Gasteiger partial charge on any atom is -0.453 e. The van der Waals surface area contributed by atoms with Gasteiger partial charge in [0.25, 0.3) is 0 Å². The zero-order chi connectivity index (χ0) is 13.1. The summed E-state index contributed by atoms with van der Waals surface area (Å²) in [4.78, 5) is 0. The van der Waals surface area contributed by atoms with E-state index in [1.807, 2.05) is 0 Å². The van der Waals surface area contributed by atoms with Crippen molar-refractivity contribution in [2.24, 2.45) is 0 Å². The van der Waals surface area contributed by atoms with Gasteiger partial charge in [0.1, 0.15) is 23.2 Å². The summed E-state index contributed by atoms with van der Waals surface area (Å²) >= 11 is 0. The number of ether oxygens (including phenoxy) is 1. The van der Waals surface area contributed by atoms with Gasteiger partial charge in [-0.3, -0.25) is 0 Å². The number of benzene rings is 2. The number of hydrogen-bond donors (Lipinski definition) is 0. The molecular weight excluding hydrogens is 236 g/mol. The van der Waals surface area contributed by atoms with Gasteiger partial charge < -0.3 is 4.74 Å². The molecule has 0 aliphatic carbocycles. The van der Waals surface area contributed by atoms with Crippen LogP contribution in [0.4, 0.5) is 8.78 Å². The Morgan fingerprint density at radius 2 is 1.83 bits per heavy atom. The van der Waals surface area contributed by atoms with Crippen LogP contribution in [0.5, 0.6) is 11.5 Å². The van der Waals surface area contributed by atoms with E-state index < -0.39 is 11.6 Å². The Bertz CT molecular complexity index is 632. The van der Waals surface area contributed by atoms with Crippen molar-refractivity contribution < 1.29 is 13.5 Å². The molecule has 0 heterocycles. The normalized spacial score (nSPS) is 9.89. The lowest BCUT2D eigenvalue weighted by Crippen LogP contribution is -1.94. The van der Waals surface area contributed by atoms with Gasteiger partial charge in [0.05, 0.1) is 0 Å². The average molecular weight is 245 g/mol. The van der Waals surface area contributed by atoms with Crippen LogP contribution in [0, 0.1) is 29.9 Å². The molecule has 2 rings (SSSR count). The zero-order valence-electron chi connectivity index (χ0n) is 9.58. The fourth-order valence-electron chi connectivity index (χ4n) is 1.51. The molecule has 0 amide bonds. The van der Waals surface area contributed by atoms with E-state index in [1.165, 1.54) is 24.3 Å². The van der Waals surface area contributed by atoms with Crippen molar-refractivity contribution in [1.29, 1.82) is 5.26 Å². The van der Waals surface area contributed by atoms with E-state index >= 15 is 0 Å². The molecule has 0 fully saturated rings. The fourth-order valence-corrected chi connectivity index (χ4v) is 1.51. The Labute approximate surface area is 103 Å². The zero-order valence-corrected chi connectivity index (χ0v) is 9.58. The van der Waals surface area contributed by atoms with Gasteiger partial charge in [-0.2, -0.15) is 5.26 Å². The van der Waals surface area contributed by atoms with Gasteiger partial charge in [-0.15, -0.1) is 0 Å². The molecule has 0 aromatic heterocycles. The molecule has 0 saturated carbocycles. The first-order valence-electron chi connectivity index (χ1n) is 5.24. The highest BCUT2D eigenvalue weighted by Gasteiger charge is 2.12. The topological polar surface area (TPSA) is 33.0 Å². The van der Waals surface area contributed by atoms with Crippen LogP contribution in [-0.2, 0) is 0 Å². The first-order chi connectivity index (χ1) is 8.61. The van der Waals surface area contributed by atoms with Crippen molar-refractivity contribution in [2.75, 3.05) is 0 Å². The Morgan fingerprint density at radius 3 is 2.56 bits per heavy atom. The van der Waals surface area contributed by atoms with E-state index in [0.29, 0.717) is 0 Å². The lowest BCUT2D eigenvalue weighted by atomic mass is 10.2. The van der Waals surface area contributed by atoms with Crippen LogP contribution in [0.25, 0.3) is 0 Å². The second-order valence-corrected chi connectivity index (χ2v) is 3.76. The van der Waals surface area contributed by atoms with Crippen LogP contribution >= 0.6 is 0 Å². The van der Waals surface area contributed by atoms with Crippen molar-refractivity contribution in [3.63, 3.8) is 0 Å². The largest absolute Gasteiger partial charge is 0.453 e. The van der Waals surface area contributed by atoms with E-state index in [-0.39, 0.29) is 17.1 Å². The molecule has 0 aliphatic heterocycles. The molecule has 0 spiro atoms. The van der Waals surface area contributed by atoms with Crippen molar-refractivity contribution in [3.8, 4) is 17.6 Å². The van der Waals surface area contributed by atoms with E-state index in [9.17, 15) is 8.78 Å². The highest BCUT2D eigenvalue weighted by Crippen LogP contribution is 2.29. The van der Waals surface area contributed by atoms with Gasteiger partial charge in [0.15, 0.2) is 11.6 Å². The number of nitriles is 1. The summed E-state index contributed by atoms with van der Waals surface area (Å²) in [5, 5.41) is 8.84. The van der Waals surface area contributed by atoms with Crippen LogP contribution in [-0.4, -0.2) is 0 Å². The van der Waals surface area contributed by atoms with Gasteiger partial charge >= 0.3 is 0 Å². The fraction of sp³-hybridized carbons (Fsp3) is 0.0714. The third-order valence-corrected chi connectivity index (χ3v) is 2.39. The van der Waals surface area contributed by atoms with Crippen LogP contribution < -0.4 is 4.74 Å². The molecule has 0 radical (unpaired) electrons. The molecule has 18 heavy (non-hydrogen) atoms. The van der Waals surface area contributed by atoms with E-state index in [2.05, 4.69) is 0 Å². The molecule has 2 aromatic carbocycles. The Balaban J connectivity index is 2.44. The maximum absolute atomic E-state index is 13.5. The summed E-state index contributed by atoms with van der Waals surface area (Å²) < 4.78 is 32.1. The smallest absolute Gasteiger partial charge is 0.165 e. The second kappa shape index (κ2) is 4.84. The van der Waals surface area contributed by atoms with Crippen molar-refractivity contribution >= 4 is 0 Å². The third-order valence-electron chi connectivity index (χ3n) is 2.39. The van der Waals surface area contributed by atoms with Gasteiger partial charge in [0, 0.05) is 0 Å². The second-order valence-electron chi connectivity index (χ2n) is 3.76. The molecule has 0 saturated heterocycles. The first-order valence-corrected chi connectivity index (χ1v) is 5.24. The third kappa shape index (κ3) is 2.30. The van der Waals surface area contributed by atoms with Gasteiger partial charge in [0.2, 0.25) is 0 Å². The van der Waals surface area contributed by atoms with Crippen LogP contribution in [0.15, 0.2) is 36.4 Å². The molecule has 0 bridgehead atoms. The highest BCUT2D eigenvalue weighted by molar-refractivity contribution is 5.46. The first kappa shape index (κ1) is 12.1. The lowest BCUT2D eigenvalue weighted by Gasteiger charge is -2.09. The molecule has 2 aromatic rings. The molecule has 2 nitrogen and oxygen atoms in total. The highest BCUT2D eigenvalue weighted by atomic mass is 19.1. The van der Waals surface area contributed by atoms with Gasteiger partial charge in [-0.25, -0.2) is 8.78 Å². The average Bonchev–Trinajstić information content (AvgIpc) is 2.34. The number of halogens is 2. The Kier molecular flexibility index (Phi) is 3.24. The summed E-state index contributed by atoms with van der Waals surface area (Å²) in [6.07, 6.45) is 0. The maximum atomic E-state index is 13.5. The molecule has 0 unspecified atom stereocenters. The van der Waals surface area contributed by atoms with E-state index in [4.69, 9.17) is 10.00 Å². The quantitative estimate of drug-likeness (QED) is 0.802. The number of nitrogens with zero attached hydrogens (tertiary/aromatic N) is 1. The molecule has 4 heteroatoms. The van der Waals surface area contributed by atoms with Crippen molar-refractivity contribution in [3.05, 3.63) is 59.2 Å². The SMILES string of the molecule is Cc1ccc(F)c(Oc2cccc(F)c2C#N)c1. The molecule has 0 aliphatic rings. The number of aryl methyl sites for hydroxylation is 1. The summed E-state index contributed by atoms with van der Waals surface area (Å²) in [7, 11) is 0. The number of hydrogen-bond acceptors (Lipinski definition) is 2. The molecule has 0 N–H and O–H groups in total. The van der Waals surface area contributed by atoms with Crippen LogP contribution in [0.3, 0.4) is 0 Å². The maximum Gasteiger partial charge on any atom is 0.165 e. The van der Waals surface area contributed by atoms with Crippen LogP contribution in [0.1, 0.15) is 11.1 Å². The van der Waals surface area contributed by atoms with E-state index in [1.54, 1.807) is 19.1 Å². The van der Waals surface area contributed by atoms with Gasteiger partial charge in [-0.1, -0.05) is 12.1 Å². The lowest BCUT2D eigenvalue weighted by molar-refractivity contribution is 0.437. The predicted molar refractivity (Wildman–Crippen MR) is 62.3 cm³/mol. The minimum absolute atomic E-state index is 0.00185. The summed E-state index contributed by atoms with van der Waals surface area (Å²) in [5.41, 5.74) is 0.569. The monoisotopic (exact) mass is 245 g/mol. The molecular formula is C14H9F2NO. The Morgan fingerprint density at radius 1 is 1.06 bits per heavy atom. The number of rotatable bonds is 2. The summed E-state index contributed by atoms with van der Waals surface area (Å²) in [6, 6.07) is 10.0. The summed E-state index contributed by atoms with van der Waals surface area (Å²) in [5.74, 6) is -1.28. The summed E-state index contributed by atoms with van der Waals surface area (Å²) in [6.45, 7) is 1.78.